The second kappa shape index (κ2) is 7.96. The molecular weight excluding hydrogens is 388 g/mol. The van der Waals surface area contributed by atoms with E-state index in [9.17, 15) is 9.90 Å². The first-order valence-corrected chi connectivity index (χ1v) is 10.5. The Morgan fingerprint density at radius 2 is 1.68 bits per heavy atom. The standard InChI is InChI=1S/C25H24N4O2/c1-27-12-14-28(15-13-27)25(31)20-4-2-18(3-5-20)21-8-11-24-26-16-23(29(24)17-21)19-6-9-22(30)10-7-19/h2-11,16-17,24H,12-15H2,1H3/p+1. The summed E-state index contributed by atoms with van der Waals surface area (Å²) >= 11 is 0. The first kappa shape index (κ1) is 19.5. The van der Waals surface area contributed by atoms with Crippen molar-refractivity contribution in [3.63, 3.8) is 0 Å². The lowest BCUT2D eigenvalue weighted by Crippen LogP contribution is -2.47. The minimum atomic E-state index is -0.0503. The fraction of sp³-hybridized carbons (Fsp3) is 0.240. The third kappa shape index (κ3) is 3.82. The lowest BCUT2D eigenvalue weighted by Gasteiger charge is -2.32. The van der Waals surface area contributed by atoms with E-state index in [-0.39, 0.29) is 17.8 Å². The number of hydrogen-bond acceptors (Lipinski definition) is 4. The van der Waals surface area contributed by atoms with E-state index in [4.69, 9.17) is 0 Å². The summed E-state index contributed by atoms with van der Waals surface area (Å²) in [5.41, 5.74) is 4.85. The van der Waals surface area contributed by atoms with Gasteiger partial charge in [0.1, 0.15) is 12.0 Å². The lowest BCUT2D eigenvalue weighted by atomic mass is 10.0. The summed E-state index contributed by atoms with van der Waals surface area (Å²) in [5, 5.41) is 9.57. The Morgan fingerprint density at radius 1 is 1.00 bits per heavy atom. The van der Waals surface area contributed by atoms with Gasteiger partial charge in [0.2, 0.25) is 5.71 Å². The fourth-order valence-electron chi connectivity index (χ4n) is 4.12. The number of piperazine rings is 1. The number of carbonyl (C=O) groups excluding carboxylic acids is 1. The Hall–Kier alpha value is -3.51. The second-order valence-electron chi connectivity index (χ2n) is 8.15. The maximum absolute atomic E-state index is 12.8. The Balaban J connectivity index is 1.38. The van der Waals surface area contributed by atoms with Gasteiger partial charge >= 0.3 is 0 Å². The molecule has 0 aromatic heterocycles. The summed E-state index contributed by atoms with van der Waals surface area (Å²) in [6.45, 7) is 3.38. The molecule has 1 saturated heterocycles. The number of hydrogen-bond donors (Lipinski definition) is 1. The van der Waals surface area contributed by atoms with E-state index in [0.717, 1.165) is 54.2 Å². The number of fused-ring (bicyclic) bond motifs is 1. The summed E-state index contributed by atoms with van der Waals surface area (Å²) < 4.78 is 2.13. The highest BCUT2D eigenvalue weighted by Gasteiger charge is 2.30. The molecule has 0 aliphatic carbocycles. The molecule has 156 valence electrons. The fourth-order valence-corrected chi connectivity index (χ4v) is 4.12. The van der Waals surface area contributed by atoms with E-state index >= 15 is 0 Å². The largest absolute Gasteiger partial charge is 0.508 e. The summed E-state index contributed by atoms with van der Waals surface area (Å²) in [7, 11) is 2.09. The molecule has 31 heavy (non-hydrogen) atoms. The molecule has 1 fully saturated rings. The number of allylic oxidation sites excluding steroid dienone is 2. The van der Waals surface area contributed by atoms with Crippen LogP contribution in [0.15, 0.2) is 71.9 Å². The zero-order chi connectivity index (χ0) is 21.4. The molecule has 1 unspecified atom stereocenters. The lowest BCUT2D eigenvalue weighted by molar-refractivity contribution is -0.479. The monoisotopic (exact) mass is 413 g/mol. The summed E-state index contributed by atoms with van der Waals surface area (Å²) in [5.74, 6) is 0.348. The Bertz CT molecular complexity index is 1120. The predicted octanol–water partition coefficient (Wildman–Crippen LogP) is 2.60. The SMILES string of the molecule is CN1CCN(C(=O)c2ccc(C3=C[N+]4=C(c5ccc(O)cc5)C=NC4C=C3)cc2)CC1. The topological polar surface area (TPSA) is 59.2 Å². The molecule has 1 N–H and O–H groups in total. The smallest absolute Gasteiger partial charge is 0.271 e. The van der Waals surface area contributed by atoms with Crippen molar-refractivity contribution in [3.05, 3.63) is 83.6 Å². The van der Waals surface area contributed by atoms with Crippen LogP contribution < -0.4 is 0 Å². The predicted molar refractivity (Wildman–Crippen MR) is 122 cm³/mol. The van der Waals surface area contributed by atoms with E-state index in [1.165, 1.54) is 0 Å². The molecule has 1 amide bonds. The van der Waals surface area contributed by atoms with Crippen molar-refractivity contribution >= 4 is 23.4 Å². The van der Waals surface area contributed by atoms with Crippen molar-refractivity contribution in [2.24, 2.45) is 4.99 Å². The van der Waals surface area contributed by atoms with Gasteiger partial charge in [-0.2, -0.15) is 4.58 Å². The molecule has 5 rings (SSSR count). The van der Waals surface area contributed by atoms with Crippen LogP contribution in [0.25, 0.3) is 5.57 Å². The second-order valence-corrected chi connectivity index (χ2v) is 8.15. The van der Waals surface area contributed by atoms with Gasteiger partial charge < -0.3 is 14.9 Å². The quantitative estimate of drug-likeness (QED) is 0.787. The minimum absolute atomic E-state index is 0.0503. The molecule has 0 bridgehead atoms. The van der Waals surface area contributed by atoms with Crippen molar-refractivity contribution in [2.45, 2.75) is 6.17 Å². The first-order chi connectivity index (χ1) is 15.1. The Labute approximate surface area is 181 Å². The molecule has 1 atom stereocenters. The van der Waals surface area contributed by atoms with E-state index in [1.807, 2.05) is 47.5 Å². The third-order valence-electron chi connectivity index (χ3n) is 6.06. The number of benzene rings is 2. The molecule has 3 aliphatic heterocycles. The highest BCUT2D eigenvalue weighted by atomic mass is 16.3. The number of rotatable bonds is 3. The number of phenols is 1. The van der Waals surface area contributed by atoms with Crippen LogP contribution in [-0.4, -0.2) is 76.7 Å². The average Bonchev–Trinajstić information content (AvgIpc) is 3.23. The van der Waals surface area contributed by atoms with Crippen LogP contribution >= 0.6 is 0 Å². The van der Waals surface area contributed by atoms with Crippen molar-refractivity contribution in [1.29, 1.82) is 0 Å². The number of nitrogens with zero attached hydrogens (tertiary/aromatic N) is 4. The zero-order valence-corrected chi connectivity index (χ0v) is 17.5. The normalized spacial score (nSPS) is 20.7. The third-order valence-corrected chi connectivity index (χ3v) is 6.06. The minimum Gasteiger partial charge on any atom is -0.508 e. The van der Waals surface area contributed by atoms with Crippen molar-refractivity contribution < 1.29 is 14.5 Å². The maximum Gasteiger partial charge on any atom is 0.271 e. The summed E-state index contributed by atoms with van der Waals surface area (Å²) in [4.78, 5) is 21.6. The van der Waals surface area contributed by atoms with Crippen LogP contribution in [0, 0.1) is 0 Å². The van der Waals surface area contributed by atoms with Gasteiger partial charge in [0.15, 0.2) is 6.20 Å². The molecule has 3 aliphatic rings. The van der Waals surface area contributed by atoms with Crippen molar-refractivity contribution in [1.82, 2.24) is 9.80 Å². The molecular formula is C25H25N4O2+. The van der Waals surface area contributed by atoms with Gasteiger partial charge in [0, 0.05) is 49.0 Å². The van der Waals surface area contributed by atoms with Gasteiger partial charge in [-0.25, -0.2) is 4.99 Å². The summed E-state index contributed by atoms with van der Waals surface area (Å²) in [6, 6.07) is 15.0. The maximum atomic E-state index is 12.8. The van der Waals surface area contributed by atoms with Crippen molar-refractivity contribution in [2.75, 3.05) is 33.2 Å². The average molecular weight is 414 g/mol. The molecule has 3 heterocycles. The van der Waals surface area contributed by atoms with Gasteiger partial charge in [-0.1, -0.05) is 12.1 Å². The molecule has 6 heteroatoms. The highest BCUT2D eigenvalue weighted by Crippen LogP contribution is 2.25. The number of carbonyl (C=O) groups is 1. The zero-order valence-electron chi connectivity index (χ0n) is 17.5. The van der Waals surface area contributed by atoms with Crippen LogP contribution in [0.5, 0.6) is 5.75 Å². The van der Waals surface area contributed by atoms with E-state index in [2.05, 4.69) is 39.9 Å². The molecule has 2 aromatic carbocycles. The van der Waals surface area contributed by atoms with Crippen LogP contribution in [0.4, 0.5) is 0 Å². The number of phenolic OH excluding ortho intramolecular Hbond substituents is 1. The number of amides is 1. The Morgan fingerprint density at radius 3 is 2.39 bits per heavy atom. The Kier molecular flexibility index (Phi) is 5.00. The summed E-state index contributed by atoms with van der Waals surface area (Å²) in [6.07, 6.45) is 8.07. The van der Waals surface area contributed by atoms with E-state index in [1.54, 1.807) is 12.1 Å². The van der Waals surface area contributed by atoms with Gasteiger partial charge in [-0.15, -0.1) is 0 Å². The van der Waals surface area contributed by atoms with Gasteiger partial charge in [-0.05, 0) is 55.1 Å². The van der Waals surface area contributed by atoms with Gasteiger partial charge in [0.25, 0.3) is 12.1 Å². The molecule has 2 aromatic rings. The molecule has 0 radical (unpaired) electrons. The van der Waals surface area contributed by atoms with Crippen molar-refractivity contribution in [3.8, 4) is 5.75 Å². The van der Waals surface area contributed by atoms with E-state index < -0.39 is 0 Å². The van der Waals surface area contributed by atoms with Crippen LogP contribution in [0.1, 0.15) is 21.5 Å². The van der Waals surface area contributed by atoms with E-state index in [0.29, 0.717) is 0 Å². The highest BCUT2D eigenvalue weighted by molar-refractivity contribution is 6.36. The van der Waals surface area contributed by atoms with Crippen LogP contribution in [0.3, 0.4) is 0 Å². The molecule has 0 saturated carbocycles. The number of aromatic hydroxyl groups is 1. The van der Waals surface area contributed by atoms with Gasteiger partial charge in [0.05, 0.1) is 0 Å². The molecule has 6 nitrogen and oxygen atoms in total. The first-order valence-electron chi connectivity index (χ1n) is 10.5. The number of aliphatic imine (C=N–C) groups is 1. The molecule has 0 spiro atoms. The number of likely N-dealkylation sites (N-methyl/N-ethyl adjacent to an activating group) is 1. The van der Waals surface area contributed by atoms with Gasteiger partial charge in [-0.3, -0.25) is 4.79 Å². The van der Waals surface area contributed by atoms with Crippen LogP contribution in [-0.2, 0) is 0 Å². The van der Waals surface area contributed by atoms with Crippen LogP contribution in [0.2, 0.25) is 0 Å².